The topological polar surface area (TPSA) is 48.4 Å². The Labute approximate surface area is 206 Å². The summed E-state index contributed by atoms with van der Waals surface area (Å²) in [5.74, 6) is 1.41. The zero-order valence-corrected chi connectivity index (χ0v) is 20.1. The minimum Gasteiger partial charge on any atom is -0.504 e. The Morgan fingerprint density at radius 2 is 1.57 bits per heavy atom. The number of hydrogen-bond acceptors (Lipinski definition) is 6. The first-order chi connectivity index (χ1) is 17.1. The number of hydrogen-bond donors (Lipinski definition) is 1. The van der Waals surface area contributed by atoms with Crippen molar-refractivity contribution >= 4 is 5.69 Å². The second kappa shape index (κ2) is 10.5. The molecule has 2 aliphatic heterocycles. The molecule has 6 nitrogen and oxygen atoms in total. The van der Waals surface area contributed by atoms with Crippen molar-refractivity contribution in [2.45, 2.75) is 19.6 Å². The molecule has 0 aliphatic carbocycles. The van der Waals surface area contributed by atoms with Crippen molar-refractivity contribution in [1.29, 1.82) is 0 Å². The summed E-state index contributed by atoms with van der Waals surface area (Å²) in [5.41, 5.74) is 4.61. The lowest BCUT2D eigenvalue weighted by Crippen LogP contribution is -2.45. The SMILES string of the molecule is COc1ccc(CN2CCOc3ccc(CN4CCN(c5ccc(F)cc5)CC4)cc3C2)cc1O. The molecule has 0 bridgehead atoms. The van der Waals surface area contributed by atoms with Gasteiger partial charge in [0.05, 0.1) is 7.11 Å². The predicted octanol–water partition coefficient (Wildman–Crippen LogP) is 4.26. The van der Waals surface area contributed by atoms with Crippen molar-refractivity contribution in [3.63, 3.8) is 0 Å². The van der Waals surface area contributed by atoms with E-state index < -0.39 is 0 Å². The van der Waals surface area contributed by atoms with Crippen LogP contribution >= 0.6 is 0 Å². The number of ether oxygens (including phenoxy) is 2. The molecule has 7 heteroatoms. The first-order valence-corrected chi connectivity index (χ1v) is 12.1. The fourth-order valence-electron chi connectivity index (χ4n) is 4.90. The Morgan fingerprint density at radius 3 is 2.31 bits per heavy atom. The van der Waals surface area contributed by atoms with Crippen LogP contribution in [-0.4, -0.2) is 61.3 Å². The van der Waals surface area contributed by atoms with E-state index in [1.54, 1.807) is 19.2 Å². The van der Waals surface area contributed by atoms with Gasteiger partial charge in [-0.2, -0.15) is 0 Å². The van der Waals surface area contributed by atoms with Gasteiger partial charge >= 0.3 is 0 Å². The average Bonchev–Trinajstić information content (AvgIpc) is 3.06. The van der Waals surface area contributed by atoms with E-state index in [1.807, 2.05) is 18.2 Å². The zero-order valence-electron chi connectivity index (χ0n) is 20.1. The smallest absolute Gasteiger partial charge is 0.160 e. The second-order valence-corrected chi connectivity index (χ2v) is 9.25. The van der Waals surface area contributed by atoms with Crippen LogP contribution in [0.15, 0.2) is 60.7 Å². The van der Waals surface area contributed by atoms with Gasteiger partial charge in [0, 0.05) is 63.6 Å². The fourth-order valence-corrected chi connectivity index (χ4v) is 4.90. The van der Waals surface area contributed by atoms with E-state index in [4.69, 9.17) is 9.47 Å². The van der Waals surface area contributed by atoms with Crippen LogP contribution in [0.1, 0.15) is 16.7 Å². The maximum atomic E-state index is 13.2. The maximum Gasteiger partial charge on any atom is 0.160 e. The molecule has 1 N–H and O–H groups in total. The van der Waals surface area contributed by atoms with Crippen LogP contribution in [0.4, 0.5) is 10.1 Å². The molecule has 0 amide bonds. The molecule has 0 spiro atoms. The number of halogens is 1. The van der Waals surface area contributed by atoms with Crippen molar-refractivity contribution in [1.82, 2.24) is 9.80 Å². The summed E-state index contributed by atoms with van der Waals surface area (Å²) in [7, 11) is 1.56. The highest BCUT2D eigenvalue weighted by Gasteiger charge is 2.20. The van der Waals surface area contributed by atoms with Gasteiger partial charge in [0.15, 0.2) is 11.5 Å². The van der Waals surface area contributed by atoms with Crippen molar-refractivity contribution in [2.24, 2.45) is 0 Å². The third-order valence-corrected chi connectivity index (χ3v) is 6.80. The molecular weight excluding hydrogens is 445 g/mol. The Morgan fingerprint density at radius 1 is 0.857 bits per heavy atom. The van der Waals surface area contributed by atoms with E-state index in [0.717, 1.165) is 69.4 Å². The fraction of sp³-hybridized carbons (Fsp3) is 0.357. The summed E-state index contributed by atoms with van der Waals surface area (Å²) in [6.45, 7) is 7.70. The quantitative estimate of drug-likeness (QED) is 0.573. The summed E-state index contributed by atoms with van der Waals surface area (Å²) in [5, 5.41) is 10.1. The average molecular weight is 478 g/mol. The first kappa shape index (κ1) is 23.5. The maximum absolute atomic E-state index is 13.2. The molecule has 0 unspecified atom stereocenters. The number of rotatable bonds is 6. The lowest BCUT2D eigenvalue weighted by Gasteiger charge is -2.36. The van der Waals surface area contributed by atoms with Gasteiger partial charge in [0.25, 0.3) is 0 Å². The van der Waals surface area contributed by atoms with Crippen LogP contribution in [0.25, 0.3) is 0 Å². The highest BCUT2D eigenvalue weighted by molar-refractivity contribution is 5.47. The van der Waals surface area contributed by atoms with E-state index in [0.29, 0.717) is 12.4 Å². The summed E-state index contributed by atoms with van der Waals surface area (Å²) in [6.07, 6.45) is 0. The van der Waals surface area contributed by atoms with Crippen molar-refractivity contribution in [3.8, 4) is 17.2 Å². The molecule has 5 rings (SSSR count). The number of benzene rings is 3. The van der Waals surface area contributed by atoms with E-state index >= 15 is 0 Å². The minimum absolute atomic E-state index is 0.165. The molecule has 0 radical (unpaired) electrons. The number of aromatic hydroxyl groups is 1. The van der Waals surface area contributed by atoms with Gasteiger partial charge in [-0.05, 0) is 59.7 Å². The lowest BCUT2D eigenvalue weighted by atomic mass is 10.1. The third kappa shape index (κ3) is 5.69. The lowest BCUT2D eigenvalue weighted by molar-refractivity contribution is 0.219. The summed E-state index contributed by atoms with van der Waals surface area (Å²) in [6, 6.07) is 18.9. The molecule has 184 valence electrons. The number of methoxy groups -OCH3 is 1. The van der Waals surface area contributed by atoms with E-state index in [-0.39, 0.29) is 11.6 Å². The molecule has 2 aliphatic rings. The molecule has 0 atom stereocenters. The number of phenolic OH excluding ortho intramolecular Hbond substituents is 1. The molecule has 2 heterocycles. The summed E-state index contributed by atoms with van der Waals surface area (Å²) >= 11 is 0. The number of phenols is 1. The van der Waals surface area contributed by atoms with Crippen molar-refractivity contribution in [2.75, 3.05) is 51.3 Å². The van der Waals surface area contributed by atoms with E-state index in [1.165, 1.54) is 23.3 Å². The van der Waals surface area contributed by atoms with Gasteiger partial charge in [0.1, 0.15) is 18.2 Å². The monoisotopic (exact) mass is 477 g/mol. The number of anilines is 1. The van der Waals surface area contributed by atoms with Crippen LogP contribution in [0.5, 0.6) is 17.2 Å². The zero-order chi connectivity index (χ0) is 24.2. The van der Waals surface area contributed by atoms with Crippen molar-refractivity contribution in [3.05, 3.63) is 83.2 Å². The van der Waals surface area contributed by atoms with Crippen LogP contribution in [0.3, 0.4) is 0 Å². The molecule has 0 saturated carbocycles. The summed E-state index contributed by atoms with van der Waals surface area (Å²) in [4.78, 5) is 7.13. The van der Waals surface area contributed by atoms with Gasteiger partial charge in [-0.15, -0.1) is 0 Å². The van der Waals surface area contributed by atoms with Crippen LogP contribution in [0.2, 0.25) is 0 Å². The molecular formula is C28H32FN3O3. The van der Waals surface area contributed by atoms with Gasteiger partial charge in [-0.3, -0.25) is 9.80 Å². The first-order valence-electron chi connectivity index (χ1n) is 12.1. The normalized spacial score (nSPS) is 16.9. The number of nitrogens with zero attached hydrogens (tertiary/aromatic N) is 3. The molecule has 1 fully saturated rings. The molecule has 1 saturated heterocycles. The number of fused-ring (bicyclic) bond motifs is 1. The molecule has 35 heavy (non-hydrogen) atoms. The Hall–Kier alpha value is -3.29. The van der Waals surface area contributed by atoms with E-state index in [9.17, 15) is 9.50 Å². The Bertz CT molecular complexity index is 1150. The highest BCUT2D eigenvalue weighted by atomic mass is 19.1. The predicted molar refractivity (Wildman–Crippen MR) is 135 cm³/mol. The Kier molecular flexibility index (Phi) is 7.06. The van der Waals surface area contributed by atoms with Crippen molar-refractivity contribution < 1.29 is 19.0 Å². The molecule has 3 aromatic rings. The second-order valence-electron chi connectivity index (χ2n) is 9.25. The van der Waals surface area contributed by atoms with Gasteiger partial charge in [-0.1, -0.05) is 12.1 Å². The van der Waals surface area contributed by atoms with Gasteiger partial charge in [0.2, 0.25) is 0 Å². The van der Waals surface area contributed by atoms with Gasteiger partial charge in [-0.25, -0.2) is 4.39 Å². The largest absolute Gasteiger partial charge is 0.504 e. The minimum atomic E-state index is -0.194. The highest BCUT2D eigenvalue weighted by Crippen LogP contribution is 2.29. The molecule has 0 aromatic heterocycles. The summed E-state index contributed by atoms with van der Waals surface area (Å²) < 4.78 is 24.4. The van der Waals surface area contributed by atoms with Crippen LogP contribution in [-0.2, 0) is 19.6 Å². The van der Waals surface area contributed by atoms with E-state index in [2.05, 4.69) is 32.9 Å². The van der Waals surface area contributed by atoms with Crippen LogP contribution in [0, 0.1) is 5.82 Å². The van der Waals surface area contributed by atoms with Gasteiger partial charge < -0.3 is 19.5 Å². The standard InChI is InChI=1S/C28H32FN3O3/c1-34-28-9-3-22(17-26(28)33)19-31-14-15-35-27-8-2-21(16-23(27)20-31)18-30-10-12-32(13-11-30)25-6-4-24(29)5-7-25/h2-9,16-17,33H,10-15,18-20H2,1H3. The number of piperazine rings is 1. The van der Waals surface area contributed by atoms with Crippen LogP contribution < -0.4 is 14.4 Å². The molecule has 3 aromatic carbocycles. The third-order valence-electron chi connectivity index (χ3n) is 6.80. The Balaban J connectivity index is 1.20.